The lowest BCUT2D eigenvalue weighted by Gasteiger charge is -2.27. The monoisotopic (exact) mass is 463 g/mol. The van der Waals surface area contributed by atoms with E-state index >= 15 is 0 Å². The number of hydrogen-bond donors (Lipinski definition) is 1. The predicted octanol–water partition coefficient (Wildman–Crippen LogP) is 5.29. The minimum atomic E-state index is -0.862. The fraction of sp³-hybridized carbons (Fsp3) is 0.154. The van der Waals surface area contributed by atoms with Crippen LogP contribution < -0.4 is 14.4 Å². The van der Waals surface area contributed by atoms with Crippen LogP contribution in [0.4, 0.5) is 5.69 Å². The molecule has 7 heteroatoms. The van der Waals surface area contributed by atoms with Gasteiger partial charge in [-0.1, -0.05) is 41.9 Å². The second-order valence-electron chi connectivity index (χ2n) is 7.57. The largest absolute Gasteiger partial charge is 0.507 e. The third kappa shape index (κ3) is 3.94. The molecule has 3 aromatic carbocycles. The summed E-state index contributed by atoms with van der Waals surface area (Å²) in [4.78, 5) is 28.0. The zero-order chi connectivity index (χ0) is 23.7. The number of ether oxygens (including phenoxy) is 2. The molecule has 1 fully saturated rings. The van der Waals surface area contributed by atoms with Crippen molar-refractivity contribution < 1.29 is 24.2 Å². The minimum Gasteiger partial charge on any atom is -0.507 e. The molecule has 0 radical (unpaired) electrons. The molecule has 4 rings (SSSR count). The summed E-state index contributed by atoms with van der Waals surface area (Å²) in [5, 5.41) is 11.5. The number of rotatable bonds is 5. The third-order valence-electron chi connectivity index (χ3n) is 5.68. The first-order valence-electron chi connectivity index (χ1n) is 10.2. The molecule has 33 heavy (non-hydrogen) atoms. The summed E-state index contributed by atoms with van der Waals surface area (Å²) in [6, 6.07) is 18.2. The van der Waals surface area contributed by atoms with Gasteiger partial charge in [0, 0.05) is 11.3 Å². The van der Waals surface area contributed by atoms with E-state index in [2.05, 4.69) is 0 Å². The summed E-state index contributed by atoms with van der Waals surface area (Å²) in [7, 11) is 3.04. The van der Waals surface area contributed by atoms with Gasteiger partial charge in [0.1, 0.15) is 17.3 Å². The number of carbonyl (C=O) groups is 2. The molecule has 0 aliphatic carbocycles. The lowest BCUT2D eigenvalue weighted by molar-refractivity contribution is -0.132. The van der Waals surface area contributed by atoms with Crippen molar-refractivity contribution in [2.24, 2.45) is 0 Å². The summed E-state index contributed by atoms with van der Waals surface area (Å²) in [6.07, 6.45) is 0. The topological polar surface area (TPSA) is 76.1 Å². The van der Waals surface area contributed by atoms with Crippen LogP contribution in [0.5, 0.6) is 11.5 Å². The number of Topliss-reactive ketones (excluding diaryl/α,β-unsaturated/α-hetero) is 1. The van der Waals surface area contributed by atoms with Gasteiger partial charge in [0.25, 0.3) is 11.7 Å². The Balaban J connectivity index is 1.98. The standard InChI is InChI=1S/C26H22ClNO5/c1-15-6-4-5-7-21(15)28-23(16-8-10-17(32-2)11-9-16)22(25(30)26(28)31)24(29)19-14-18(33-3)12-13-20(19)27/h4-14,23,29H,1-3H3/b24-22+. The summed E-state index contributed by atoms with van der Waals surface area (Å²) < 4.78 is 10.5. The highest BCUT2D eigenvalue weighted by atomic mass is 35.5. The fourth-order valence-electron chi connectivity index (χ4n) is 3.97. The second kappa shape index (κ2) is 9.00. The number of nitrogens with zero attached hydrogens (tertiary/aromatic N) is 1. The second-order valence-corrected chi connectivity index (χ2v) is 7.98. The van der Waals surface area contributed by atoms with Crippen molar-refractivity contribution in [2.45, 2.75) is 13.0 Å². The highest BCUT2D eigenvalue weighted by molar-refractivity contribution is 6.52. The molecule has 0 bridgehead atoms. The van der Waals surface area contributed by atoms with E-state index < -0.39 is 17.7 Å². The van der Waals surface area contributed by atoms with Gasteiger partial charge in [-0.2, -0.15) is 0 Å². The summed E-state index contributed by atoms with van der Waals surface area (Å²) in [5.41, 5.74) is 2.19. The average molecular weight is 464 g/mol. The number of methoxy groups -OCH3 is 2. The first-order valence-corrected chi connectivity index (χ1v) is 10.6. The van der Waals surface area contributed by atoms with Crippen molar-refractivity contribution in [2.75, 3.05) is 19.1 Å². The number of para-hydroxylation sites is 1. The first kappa shape index (κ1) is 22.4. The number of aliphatic hydroxyl groups is 1. The molecular formula is C26H22ClNO5. The van der Waals surface area contributed by atoms with E-state index in [1.807, 2.05) is 19.1 Å². The maximum absolute atomic E-state index is 13.3. The van der Waals surface area contributed by atoms with Gasteiger partial charge in [0.15, 0.2) is 0 Å². The van der Waals surface area contributed by atoms with Gasteiger partial charge in [-0.25, -0.2) is 0 Å². The molecule has 1 N–H and O–H groups in total. The molecular weight excluding hydrogens is 442 g/mol. The summed E-state index contributed by atoms with van der Waals surface area (Å²) >= 11 is 6.35. The van der Waals surface area contributed by atoms with Crippen LogP contribution in [0, 0.1) is 6.92 Å². The number of benzene rings is 3. The Labute approximate surface area is 196 Å². The zero-order valence-electron chi connectivity index (χ0n) is 18.3. The maximum atomic E-state index is 13.3. The van der Waals surface area contributed by atoms with E-state index in [0.717, 1.165) is 5.56 Å². The number of halogens is 1. The van der Waals surface area contributed by atoms with Crippen molar-refractivity contribution in [1.82, 2.24) is 0 Å². The minimum absolute atomic E-state index is 0.0522. The van der Waals surface area contributed by atoms with Crippen molar-refractivity contribution in [3.8, 4) is 11.5 Å². The summed E-state index contributed by atoms with van der Waals surface area (Å²) in [5.74, 6) is -0.812. The number of aliphatic hydroxyl groups excluding tert-OH is 1. The van der Waals surface area contributed by atoms with Crippen LogP contribution in [0.25, 0.3) is 5.76 Å². The van der Waals surface area contributed by atoms with Crippen LogP contribution in [0.1, 0.15) is 22.7 Å². The van der Waals surface area contributed by atoms with E-state index in [0.29, 0.717) is 22.7 Å². The highest BCUT2D eigenvalue weighted by Gasteiger charge is 2.47. The van der Waals surface area contributed by atoms with Crippen molar-refractivity contribution in [1.29, 1.82) is 0 Å². The molecule has 0 spiro atoms. The fourth-order valence-corrected chi connectivity index (χ4v) is 4.18. The molecule has 0 aromatic heterocycles. The molecule has 1 amide bonds. The van der Waals surface area contributed by atoms with Crippen LogP contribution in [0.15, 0.2) is 72.3 Å². The Hall–Kier alpha value is -3.77. The third-order valence-corrected chi connectivity index (χ3v) is 6.01. The molecule has 1 aliphatic rings. The molecule has 1 aliphatic heterocycles. The van der Waals surface area contributed by atoms with Gasteiger partial charge in [0.05, 0.1) is 30.9 Å². The Morgan fingerprint density at radius 3 is 2.21 bits per heavy atom. The Morgan fingerprint density at radius 2 is 1.58 bits per heavy atom. The van der Waals surface area contributed by atoms with Gasteiger partial charge in [-0.05, 0) is 54.4 Å². The zero-order valence-corrected chi connectivity index (χ0v) is 19.1. The van der Waals surface area contributed by atoms with Crippen LogP contribution >= 0.6 is 11.6 Å². The number of hydrogen-bond acceptors (Lipinski definition) is 5. The molecule has 1 heterocycles. The Bertz CT molecular complexity index is 1270. The van der Waals surface area contributed by atoms with Gasteiger partial charge >= 0.3 is 0 Å². The van der Waals surface area contributed by atoms with Crippen LogP contribution in [-0.2, 0) is 9.59 Å². The SMILES string of the molecule is COc1ccc(C2/C(=C(\O)c3cc(OC)ccc3Cl)C(=O)C(=O)N2c2ccccc2C)cc1. The predicted molar refractivity (Wildman–Crippen MR) is 127 cm³/mol. The molecule has 168 valence electrons. The normalized spacial score (nSPS) is 17.3. The summed E-state index contributed by atoms with van der Waals surface area (Å²) in [6.45, 7) is 1.86. The smallest absolute Gasteiger partial charge is 0.300 e. The van der Waals surface area contributed by atoms with E-state index in [1.165, 1.54) is 18.1 Å². The van der Waals surface area contributed by atoms with Crippen LogP contribution in [0.3, 0.4) is 0 Å². The van der Waals surface area contributed by atoms with Crippen LogP contribution in [-0.4, -0.2) is 31.0 Å². The molecule has 3 aromatic rings. The number of anilines is 1. The van der Waals surface area contributed by atoms with Gasteiger partial charge in [0.2, 0.25) is 0 Å². The highest BCUT2D eigenvalue weighted by Crippen LogP contribution is 2.44. The number of aryl methyl sites for hydroxylation is 1. The van der Waals surface area contributed by atoms with E-state index in [-0.39, 0.29) is 21.9 Å². The Kier molecular flexibility index (Phi) is 6.11. The van der Waals surface area contributed by atoms with E-state index in [1.54, 1.807) is 55.6 Å². The number of amides is 1. The molecule has 0 saturated carbocycles. The molecule has 1 atom stereocenters. The van der Waals surface area contributed by atoms with Gasteiger partial charge in [-0.15, -0.1) is 0 Å². The number of ketones is 1. The van der Waals surface area contributed by atoms with Crippen molar-refractivity contribution >= 4 is 34.7 Å². The molecule has 6 nitrogen and oxygen atoms in total. The van der Waals surface area contributed by atoms with E-state index in [9.17, 15) is 14.7 Å². The van der Waals surface area contributed by atoms with Gasteiger partial charge in [-0.3, -0.25) is 14.5 Å². The van der Waals surface area contributed by atoms with Crippen LogP contribution in [0.2, 0.25) is 5.02 Å². The van der Waals surface area contributed by atoms with Crippen molar-refractivity contribution in [3.05, 3.63) is 94.0 Å². The lowest BCUT2D eigenvalue weighted by atomic mass is 9.94. The van der Waals surface area contributed by atoms with Gasteiger partial charge < -0.3 is 14.6 Å². The lowest BCUT2D eigenvalue weighted by Crippen LogP contribution is -2.30. The first-order chi connectivity index (χ1) is 15.9. The number of carbonyl (C=O) groups excluding carboxylic acids is 2. The maximum Gasteiger partial charge on any atom is 0.300 e. The molecule has 1 unspecified atom stereocenters. The quantitative estimate of drug-likeness (QED) is 0.316. The molecule has 1 saturated heterocycles. The van der Waals surface area contributed by atoms with E-state index in [4.69, 9.17) is 21.1 Å². The van der Waals surface area contributed by atoms with Crippen molar-refractivity contribution in [3.63, 3.8) is 0 Å². The Morgan fingerprint density at radius 1 is 0.939 bits per heavy atom. The average Bonchev–Trinajstić information content (AvgIpc) is 3.09.